The first-order valence-corrected chi connectivity index (χ1v) is 11.0. The van der Waals surface area contributed by atoms with Gasteiger partial charge in [-0.25, -0.2) is 0 Å². The predicted octanol–water partition coefficient (Wildman–Crippen LogP) is 4.81. The Balaban J connectivity index is 1.50. The molecule has 7 heteroatoms. The van der Waals surface area contributed by atoms with Crippen LogP contribution >= 0.6 is 35.0 Å². The quantitative estimate of drug-likeness (QED) is 0.680. The van der Waals surface area contributed by atoms with E-state index in [-0.39, 0.29) is 16.7 Å². The maximum absolute atomic E-state index is 13.2. The maximum atomic E-state index is 13.2. The second-order valence-corrected chi connectivity index (χ2v) is 9.27. The Hall–Kier alpha value is -1.69. The van der Waals surface area contributed by atoms with Crippen LogP contribution in [0.15, 0.2) is 48.5 Å². The molecule has 2 aromatic rings. The lowest BCUT2D eigenvalue weighted by molar-refractivity contribution is 0.0498. The average Bonchev–Trinajstić information content (AvgIpc) is 3.11. The highest BCUT2D eigenvalue weighted by Gasteiger charge is 2.47. The lowest BCUT2D eigenvalue weighted by Gasteiger charge is -2.44. The molecule has 2 amide bonds. The first kappa shape index (κ1) is 19.6. The van der Waals surface area contributed by atoms with Crippen LogP contribution in [0, 0.1) is 0 Å². The zero-order chi connectivity index (χ0) is 19.7. The van der Waals surface area contributed by atoms with Crippen molar-refractivity contribution in [2.45, 2.75) is 17.7 Å². The highest BCUT2D eigenvalue weighted by atomic mass is 35.5. The molecular weight excluding hydrogens is 415 g/mol. The number of piperidine rings is 1. The van der Waals surface area contributed by atoms with Gasteiger partial charge in [0.25, 0.3) is 11.8 Å². The molecule has 0 aliphatic carbocycles. The van der Waals surface area contributed by atoms with Crippen molar-refractivity contribution in [3.63, 3.8) is 0 Å². The summed E-state index contributed by atoms with van der Waals surface area (Å²) in [4.78, 5) is 29.5. The van der Waals surface area contributed by atoms with E-state index >= 15 is 0 Å². The van der Waals surface area contributed by atoms with Gasteiger partial charge in [-0.2, -0.15) is 0 Å². The Morgan fingerprint density at radius 2 is 1.36 bits per heavy atom. The normalized spacial score (nSPS) is 18.5. The van der Waals surface area contributed by atoms with Crippen LogP contribution < -0.4 is 0 Å². The Labute approximate surface area is 178 Å². The number of carbonyl (C=O) groups is 2. The molecule has 1 spiro atoms. The van der Waals surface area contributed by atoms with Gasteiger partial charge >= 0.3 is 0 Å². The molecule has 0 atom stereocenters. The lowest BCUT2D eigenvalue weighted by atomic mass is 10.00. The average molecular weight is 435 g/mol. The van der Waals surface area contributed by atoms with Gasteiger partial charge in [-0.1, -0.05) is 47.5 Å². The van der Waals surface area contributed by atoms with Gasteiger partial charge in [0, 0.05) is 25.4 Å². The van der Waals surface area contributed by atoms with E-state index in [0.717, 1.165) is 18.6 Å². The van der Waals surface area contributed by atoms with E-state index in [2.05, 4.69) is 0 Å². The molecule has 2 aliphatic rings. The summed E-state index contributed by atoms with van der Waals surface area (Å²) < 4.78 is 0. The topological polar surface area (TPSA) is 40.6 Å². The molecule has 4 rings (SSSR count). The maximum Gasteiger partial charge on any atom is 0.256 e. The molecule has 0 aromatic heterocycles. The molecule has 28 heavy (non-hydrogen) atoms. The number of benzene rings is 2. The van der Waals surface area contributed by atoms with Crippen LogP contribution in [-0.2, 0) is 0 Å². The van der Waals surface area contributed by atoms with E-state index in [1.807, 2.05) is 45.8 Å². The van der Waals surface area contributed by atoms with Crippen LogP contribution in [-0.4, -0.2) is 51.9 Å². The number of carbonyl (C=O) groups excluding carboxylic acids is 2. The van der Waals surface area contributed by atoms with Crippen molar-refractivity contribution in [2.24, 2.45) is 0 Å². The van der Waals surface area contributed by atoms with Crippen molar-refractivity contribution in [3.8, 4) is 0 Å². The molecule has 2 aliphatic heterocycles. The van der Waals surface area contributed by atoms with Crippen molar-refractivity contribution < 1.29 is 9.59 Å². The molecule has 2 fully saturated rings. The fourth-order valence-corrected chi connectivity index (χ4v) is 5.84. The Morgan fingerprint density at radius 1 is 0.821 bits per heavy atom. The smallest absolute Gasteiger partial charge is 0.256 e. The highest BCUT2D eigenvalue weighted by Crippen LogP contribution is 2.45. The number of hydrogen-bond donors (Lipinski definition) is 0. The number of hydrogen-bond acceptors (Lipinski definition) is 3. The summed E-state index contributed by atoms with van der Waals surface area (Å²) in [5.74, 6) is 0.822. The van der Waals surface area contributed by atoms with Crippen LogP contribution in [0.3, 0.4) is 0 Å². The summed E-state index contributed by atoms with van der Waals surface area (Å²) in [6.45, 7) is 1.90. The zero-order valence-electron chi connectivity index (χ0n) is 15.2. The Bertz CT molecular complexity index is 913. The van der Waals surface area contributed by atoms with Crippen LogP contribution in [0.2, 0.25) is 10.0 Å². The second kappa shape index (κ2) is 7.97. The zero-order valence-corrected chi connectivity index (χ0v) is 17.6. The van der Waals surface area contributed by atoms with Crippen LogP contribution in [0.1, 0.15) is 33.6 Å². The van der Waals surface area contributed by atoms with Gasteiger partial charge in [-0.3, -0.25) is 9.59 Å². The molecule has 0 N–H and O–H groups in total. The monoisotopic (exact) mass is 434 g/mol. The van der Waals surface area contributed by atoms with E-state index in [0.29, 0.717) is 40.8 Å². The van der Waals surface area contributed by atoms with Crippen molar-refractivity contribution in [1.29, 1.82) is 0 Å². The summed E-state index contributed by atoms with van der Waals surface area (Å²) in [6.07, 6.45) is 1.48. The van der Waals surface area contributed by atoms with Crippen LogP contribution in [0.25, 0.3) is 0 Å². The fraction of sp³-hybridized carbons (Fsp3) is 0.333. The molecule has 0 saturated carbocycles. The molecule has 2 heterocycles. The number of rotatable bonds is 2. The minimum Gasteiger partial charge on any atom is -0.338 e. The second-order valence-electron chi connectivity index (χ2n) is 7.00. The van der Waals surface area contributed by atoms with Gasteiger partial charge in [0.2, 0.25) is 0 Å². The Morgan fingerprint density at radius 3 is 1.93 bits per heavy atom. The van der Waals surface area contributed by atoms with Crippen molar-refractivity contribution in [3.05, 3.63) is 69.7 Å². The van der Waals surface area contributed by atoms with Gasteiger partial charge in [0.15, 0.2) is 0 Å². The molecule has 4 nitrogen and oxygen atoms in total. The van der Waals surface area contributed by atoms with Gasteiger partial charge in [0.05, 0.1) is 26.0 Å². The van der Waals surface area contributed by atoms with Crippen LogP contribution in [0.5, 0.6) is 0 Å². The van der Waals surface area contributed by atoms with Crippen LogP contribution in [0.4, 0.5) is 0 Å². The lowest BCUT2D eigenvalue weighted by Crippen LogP contribution is -2.53. The predicted molar refractivity (Wildman–Crippen MR) is 114 cm³/mol. The van der Waals surface area contributed by atoms with Crippen molar-refractivity contribution in [2.75, 3.05) is 25.4 Å². The SMILES string of the molecule is O=C(c1ccccc1Cl)N1CCC2(CC1)SCCN2C(=O)c1ccccc1Cl. The largest absolute Gasteiger partial charge is 0.338 e. The number of thioether (sulfide) groups is 1. The Kier molecular flexibility index (Phi) is 5.59. The summed E-state index contributed by atoms with van der Waals surface area (Å²) in [6, 6.07) is 14.3. The number of halogens is 2. The number of likely N-dealkylation sites (tertiary alicyclic amines) is 1. The molecule has 2 saturated heterocycles. The van der Waals surface area contributed by atoms with E-state index in [4.69, 9.17) is 23.2 Å². The van der Waals surface area contributed by atoms with Crippen molar-refractivity contribution in [1.82, 2.24) is 9.80 Å². The third kappa shape index (κ3) is 3.51. The fourth-order valence-electron chi connectivity index (χ4n) is 3.95. The minimum atomic E-state index is -0.270. The summed E-state index contributed by atoms with van der Waals surface area (Å²) >= 11 is 14.3. The minimum absolute atomic E-state index is 0.0264. The third-order valence-electron chi connectivity index (χ3n) is 5.46. The summed E-state index contributed by atoms with van der Waals surface area (Å²) in [5, 5.41) is 0.949. The van der Waals surface area contributed by atoms with Gasteiger partial charge in [0.1, 0.15) is 0 Å². The van der Waals surface area contributed by atoms with E-state index in [1.54, 1.807) is 24.3 Å². The molecule has 146 valence electrons. The molecule has 2 aromatic carbocycles. The van der Waals surface area contributed by atoms with E-state index in [1.165, 1.54) is 0 Å². The highest BCUT2D eigenvalue weighted by molar-refractivity contribution is 8.00. The first-order valence-electron chi connectivity index (χ1n) is 9.26. The number of amides is 2. The standard InChI is InChI=1S/C21H20Cl2N2O2S/c22-17-7-3-1-5-15(17)19(26)24-11-9-21(10-12-24)25(13-14-28-21)20(27)16-6-2-4-8-18(16)23/h1-8H,9-14H2. The van der Waals surface area contributed by atoms with Gasteiger partial charge in [-0.15, -0.1) is 11.8 Å². The van der Waals surface area contributed by atoms with E-state index in [9.17, 15) is 9.59 Å². The van der Waals surface area contributed by atoms with Crippen molar-refractivity contribution >= 4 is 46.8 Å². The van der Waals surface area contributed by atoms with Gasteiger partial charge in [-0.05, 0) is 37.1 Å². The number of nitrogens with zero attached hydrogens (tertiary/aromatic N) is 2. The molecule has 0 radical (unpaired) electrons. The molecular formula is C21H20Cl2N2O2S. The molecule has 0 bridgehead atoms. The summed E-state index contributed by atoms with van der Waals surface area (Å²) in [5.41, 5.74) is 1.07. The third-order valence-corrected chi connectivity index (χ3v) is 7.68. The molecule has 0 unspecified atom stereocenters. The summed E-state index contributed by atoms with van der Waals surface area (Å²) in [7, 11) is 0. The van der Waals surface area contributed by atoms with Gasteiger partial charge < -0.3 is 9.80 Å². The van der Waals surface area contributed by atoms with E-state index < -0.39 is 0 Å². The first-order chi connectivity index (χ1) is 13.5.